The van der Waals surface area contributed by atoms with Crippen LogP contribution in [0.5, 0.6) is 0 Å². The lowest BCUT2D eigenvalue weighted by atomic mass is 9.91. The molecule has 2 aromatic heterocycles. The zero-order valence-corrected chi connectivity index (χ0v) is 16.6. The lowest BCUT2D eigenvalue weighted by Gasteiger charge is -2.30. The van der Waals surface area contributed by atoms with Crippen LogP contribution < -0.4 is 10.9 Å². The highest BCUT2D eigenvalue weighted by molar-refractivity contribution is 5.97. The summed E-state index contributed by atoms with van der Waals surface area (Å²) in [4.78, 5) is 33.7. The molecule has 2 aliphatic rings. The molecule has 0 bridgehead atoms. The van der Waals surface area contributed by atoms with E-state index in [2.05, 4.69) is 20.4 Å². The number of aromatic nitrogens is 4. The van der Waals surface area contributed by atoms with Gasteiger partial charge in [0, 0.05) is 42.0 Å². The molecule has 3 heterocycles. The van der Waals surface area contributed by atoms with Crippen LogP contribution in [-0.4, -0.2) is 38.3 Å². The Morgan fingerprint density at radius 2 is 1.87 bits per heavy atom. The third-order valence-corrected chi connectivity index (χ3v) is 5.97. The Morgan fingerprint density at radius 3 is 2.70 bits per heavy atom. The van der Waals surface area contributed by atoms with E-state index in [0.29, 0.717) is 24.3 Å². The van der Waals surface area contributed by atoms with Crippen molar-refractivity contribution in [1.29, 1.82) is 0 Å². The van der Waals surface area contributed by atoms with Gasteiger partial charge in [-0.3, -0.25) is 19.6 Å². The first kappa shape index (κ1) is 18.9. The Morgan fingerprint density at radius 1 is 1.07 bits per heavy atom. The van der Waals surface area contributed by atoms with Crippen molar-refractivity contribution in [3.05, 3.63) is 63.8 Å². The highest BCUT2D eigenvalue weighted by Crippen LogP contribution is 2.28. The van der Waals surface area contributed by atoms with Crippen LogP contribution in [0.25, 0.3) is 11.0 Å². The number of hydrogen-bond acceptors (Lipinski definition) is 6. The van der Waals surface area contributed by atoms with Gasteiger partial charge in [0.1, 0.15) is 0 Å². The fourth-order valence-corrected chi connectivity index (χ4v) is 4.33. The van der Waals surface area contributed by atoms with Crippen molar-refractivity contribution < 1.29 is 9.53 Å². The average molecular weight is 405 g/mol. The quantitative estimate of drug-likeness (QED) is 0.717. The van der Waals surface area contributed by atoms with Gasteiger partial charge in [-0.15, -0.1) is 0 Å². The van der Waals surface area contributed by atoms with E-state index in [9.17, 15) is 9.59 Å². The molecule has 1 aliphatic carbocycles. The van der Waals surface area contributed by atoms with Crippen LogP contribution in [0.1, 0.15) is 53.3 Å². The van der Waals surface area contributed by atoms with E-state index in [1.54, 1.807) is 35.3 Å². The predicted molar refractivity (Wildman–Crippen MR) is 110 cm³/mol. The van der Waals surface area contributed by atoms with Gasteiger partial charge in [0.05, 0.1) is 36.0 Å². The summed E-state index contributed by atoms with van der Waals surface area (Å²) in [5.74, 6) is -0.102. The Kier molecular flexibility index (Phi) is 5.00. The molecular formula is C22H23N5O3. The van der Waals surface area contributed by atoms with Crippen molar-refractivity contribution in [1.82, 2.24) is 25.1 Å². The van der Waals surface area contributed by atoms with Crippen LogP contribution >= 0.6 is 0 Å². The molecule has 0 spiro atoms. The fourth-order valence-electron chi connectivity index (χ4n) is 4.33. The molecule has 1 saturated carbocycles. The maximum absolute atomic E-state index is 12.7. The molecule has 3 aromatic rings. The summed E-state index contributed by atoms with van der Waals surface area (Å²) in [6, 6.07) is 7.19. The lowest BCUT2D eigenvalue weighted by molar-refractivity contribution is 0.0920. The number of fused-ring (bicyclic) bond motifs is 2. The van der Waals surface area contributed by atoms with Crippen molar-refractivity contribution in [2.75, 3.05) is 6.61 Å². The van der Waals surface area contributed by atoms with Gasteiger partial charge in [-0.25, -0.2) is 4.68 Å². The SMILES string of the molecule is O=C(NC1CCC(n2nc3c(cc2=O)COCC3)CC1)c1ccc2nccnc2c1. The summed E-state index contributed by atoms with van der Waals surface area (Å²) < 4.78 is 7.05. The fraction of sp³-hybridized carbons (Fsp3) is 0.409. The summed E-state index contributed by atoms with van der Waals surface area (Å²) in [5.41, 5.74) is 3.87. The number of hydrogen-bond donors (Lipinski definition) is 1. The highest BCUT2D eigenvalue weighted by Gasteiger charge is 2.26. The van der Waals surface area contributed by atoms with E-state index in [1.165, 1.54) is 0 Å². The zero-order valence-electron chi connectivity index (χ0n) is 16.6. The van der Waals surface area contributed by atoms with Gasteiger partial charge in [0.25, 0.3) is 11.5 Å². The Balaban J connectivity index is 1.24. The first-order valence-electron chi connectivity index (χ1n) is 10.4. The Labute approximate surface area is 173 Å². The molecule has 0 unspecified atom stereocenters. The average Bonchev–Trinajstić information content (AvgIpc) is 2.79. The van der Waals surface area contributed by atoms with Crippen LogP contribution in [0.2, 0.25) is 0 Å². The molecule has 0 atom stereocenters. The van der Waals surface area contributed by atoms with Gasteiger partial charge in [0.15, 0.2) is 0 Å². The molecule has 0 saturated heterocycles. The smallest absolute Gasteiger partial charge is 0.267 e. The highest BCUT2D eigenvalue weighted by atomic mass is 16.5. The largest absolute Gasteiger partial charge is 0.376 e. The van der Waals surface area contributed by atoms with E-state index in [1.807, 2.05) is 6.07 Å². The second-order valence-electron chi connectivity index (χ2n) is 7.94. The maximum atomic E-state index is 12.7. The van der Waals surface area contributed by atoms with Gasteiger partial charge >= 0.3 is 0 Å². The second-order valence-corrected chi connectivity index (χ2v) is 7.94. The summed E-state index contributed by atoms with van der Waals surface area (Å²) in [7, 11) is 0. The normalized spacial score (nSPS) is 21.2. The predicted octanol–water partition coefficient (Wildman–Crippen LogP) is 2.17. The summed E-state index contributed by atoms with van der Waals surface area (Å²) >= 11 is 0. The van der Waals surface area contributed by atoms with Gasteiger partial charge < -0.3 is 10.1 Å². The van der Waals surface area contributed by atoms with Crippen LogP contribution in [-0.2, 0) is 17.8 Å². The molecule has 8 heteroatoms. The lowest BCUT2D eigenvalue weighted by Crippen LogP contribution is -2.40. The molecule has 0 radical (unpaired) electrons. The number of nitrogens with zero attached hydrogens (tertiary/aromatic N) is 4. The summed E-state index contributed by atoms with van der Waals surface area (Å²) in [6.07, 6.45) is 7.27. The summed E-state index contributed by atoms with van der Waals surface area (Å²) in [6.45, 7) is 1.12. The number of nitrogens with one attached hydrogen (secondary N) is 1. The summed E-state index contributed by atoms with van der Waals surface area (Å²) in [5, 5.41) is 7.75. The zero-order chi connectivity index (χ0) is 20.5. The molecule has 30 heavy (non-hydrogen) atoms. The van der Waals surface area contributed by atoms with Gasteiger partial charge in [-0.1, -0.05) is 0 Å². The minimum absolute atomic E-state index is 0.0657. The molecule has 1 aromatic carbocycles. The molecular weight excluding hydrogens is 382 g/mol. The number of carbonyl (C=O) groups is 1. The first-order chi connectivity index (χ1) is 14.7. The monoisotopic (exact) mass is 405 g/mol. The molecule has 1 amide bonds. The molecule has 1 fully saturated rings. The van der Waals surface area contributed by atoms with Gasteiger partial charge in [-0.05, 0) is 43.9 Å². The van der Waals surface area contributed by atoms with Gasteiger partial charge in [-0.2, -0.15) is 5.10 Å². The first-order valence-corrected chi connectivity index (χ1v) is 10.4. The number of benzene rings is 1. The van der Waals surface area contributed by atoms with Crippen molar-refractivity contribution in [2.45, 2.75) is 50.8 Å². The van der Waals surface area contributed by atoms with Crippen LogP contribution in [0.4, 0.5) is 0 Å². The van der Waals surface area contributed by atoms with Crippen LogP contribution in [0.15, 0.2) is 41.5 Å². The molecule has 5 rings (SSSR count). The van der Waals surface area contributed by atoms with E-state index >= 15 is 0 Å². The number of rotatable bonds is 3. The third-order valence-electron chi connectivity index (χ3n) is 5.97. The van der Waals surface area contributed by atoms with E-state index in [0.717, 1.165) is 48.9 Å². The molecule has 1 aliphatic heterocycles. The number of ether oxygens (including phenoxy) is 1. The second kappa shape index (κ2) is 7.95. The minimum atomic E-state index is -0.102. The number of amides is 1. The van der Waals surface area contributed by atoms with E-state index in [-0.39, 0.29) is 23.6 Å². The number of carbonyl (C=O) groups excluding carboxylic acids is 1. The maximum Gasteiger partial charge on any atom is 0.267 e. The molecule has 154 valence electrons. The van der Waals surface area contributed by atoms with Crippen LogP contribution in [0.3, 0.4) is 0 Å². The van der Waals surface area contributed by atoms with Crippen molar-refractivity contribution >= 4 is 16.9 Å². The van der Waals surface area contributed by atoms with E-state index < -0.39 is 0 Å². The Bertz CT molecular complexity index is 1150. The Hall–Kier alpha value is -3.13. The van der Waals surface area contributed by atoms with Crippen molar-refractivity contribution in [2.24, 2.45) is 0 Å². The van der Waals surface area contributed by atoms with E-state index in [4.69, 9.17) is 4.74 Å². The van der Waals surface area contributed by atoms with Gasteiger partial charge in [0.2, 0.25) is 0 Å². The molecule has 1 N–H and O–H groups in total. The molecule has 8 nitrogen and oxygen atoms in total. The standard InChI is InChI=1S/C22H23N5O3/c28-21-12-15-13-30-10-7-18(15)26-27(21)17-4-2-16(3-5-17)25-22(29)14-1-6-19-20(11-14)24-9-8-23-19/h1,6,8-9,11-12,16-17H,2-5,7,10,13H2,(H,25,29). The minimum Gasteiger partial charge on any atom is -0.376 e. The van der Waals surface area contributed by atoms with Crippen LogP contribution in [0, 0.1) is 0 Å². The van der Waals surface area contributed by atoms with Crippen molar-refractivity contribution in [3.63, 3.8) is 0 Å². The topological polar surface area (TPSA) is 99.0 Å². The third kappa shape index (κ3) is 3.70. The van der Waals surface area contributed by atoms with Crippen molar-refractivity contribution in [3.8, 4) is 0 Å².